The number of amides is 1. The highest BCUT2D eigenvalue weighted by atomic mass is 32.1. The van der Waals surface area contributed by atoms with E-state index in [1.54, 1.807) is 6.92 Å². The summed E-state index contributed by atoms with van der Waals surface area (Å²) >= 11 is 1.10. The summed E-state index contributed by atoms with van der Waals surface area (Å²) in [6.45, 7) is 3.47. The number of aromatic nitrogens is 2. The molecule has 0 fully saturated rings. The highest BCUT2D eigenvalue weighted by Crippen LogP contribution is 2.24. The maximum Gasteiger partial charge on any atom is 0.347 e. The van der Waals surface area contributed by atoms with Crippen molar-refractivity contribution in [3.8, 4) is 11.3 Å². The molecule has 0 radical (unpaired) electrons. The molecule has 0 aliphatic heterocycles. The molecule has 2 heterocycles. The summed E-state index contributed by atoms with van der Waals surface area (Å²) in [5.41, 5.74) is 3.60. The third kappa shape index (κ3) is 4.62. The summed E-state index contributed by atoms with van der Waals surface area (Å²) in [7, 11) is 0. The first-order valence-corrected chi connectivity index (χ1v) is 9.49. The Hall–Kier alpha value is -2.93. The van der Waals surface area contributed by atoms with Gasteiger partial charge in [-0.15, -0.1) is 11.3 Å². The lowest BCUT2D eigenvalue weighted by Gasteiger charge is -2.10. The lowest BCUT2D eigenvalue weighted by atomic mass is 10.2. The second-order valence-corrected chi connectivity index (χ2v) is 7.35. The van der Waals surface area contributed by atoms with Crippen LogP contribution in [-0.4, -0.2) is 27.0 Å². The Labute approximate surface area is 161 Å². The largest absolute Gasteiger partial charge is 0.477 e. The zero-order valence-electron chi connectivity index (χ0n) is 15.2. The van der Waals surface area contributed by atoms with Gasteiger partial charge < -0.3 is 15.4 Å². The summed E-state index contributed by atoms with van der Waals surface area (Å²) < 4.78 is 0. The van der Waals surface area contributed by atoms with Crippen LogP contribution < -0.4 is 5.32 Å². The Balaban J connectivity index is 1.55. The molecule has 1 aromatic carbocycles. The second kappa shape index (κ2) is 8.18. The van der Waals surface area contributed by atoms with Crippen molar-refractivity contribution in [2.75, 3.05) is 0 Å². The molecule has 3 rings (SSSR count). The van der Waals surface area contributed by atoms with Crippen molar-refractivity contribution < 1.29 is 14.7 Å². The van der Waals surface area contributed by atoms with Gasteiger partial charge in [0.25, 0.3) is 0 Å². The highest BCUT2D eigenvalue weighted by Gasteiger charge is 2.19. The standard InChI is InChI=1S/C20H21N3O3S/c1-12-18(20(25)26)27-19(22-12)13(2)21-17(24)11-9-15-8-10-16(23-15)14-6-4-3-5-7-14/h3-8,10,13,23H,9,11H2,1-2H3,(H,21,24)(H,25,26). The number of rotatable bonds is 7. The van der Waals surface area contributed by atoms with Crippen molar-refractivity contribution in [3.63, 3.8) is 0 Å². The number of carbonyl (C=O) groups is 2. The van der Waals surface area contributed by atoms with Crippen molar-refractivity contribution in [2.24, 2.45) is 0 Å². The number of aromatic amines is 1. The number of carboxylic acids is 1. The fraction of sp³-hybridized carbons (Fsp3) is 0.250. The van der Waals surface area contributed by atoms with Gasteiger partial charge >= 0.3 is 5.97 Å². The van der Waals surface area contributed by atoms with Gasteiger partial charge in [0, 0.05) is 17.8 Å². The zero-order chi connectivity index (χ0) is 19.4. The van der Waals surface area contributed by atoms with Gasteiger partial charge in [0.15, 0.2) is 0 Å². The SMILES string of the molecule is Cc1nc(C(C)NC(=O)CCc2ccc(-c3ccccc3)[nH]2)sc1C(=O)O. The maximum absolute atomic E-state index is 12.2. The van der Waals surface area contributed by atoms with Gasteiger partial charge in [0.2, 0.25) is 5.91 Å². The first-order chi connectivity index (χ1) is 12.9. The fourth-order valence-corrected chi connectivity index (χ4v) is 3.70. The van der Waals surface area contributed by atoms with Crippen molar-refractivity contribution in [1.82, 2.24) is 15.3 Å². The predicted octanol–water partition coefficient (Wildman–Crippen LogP) is 3.95. The number of nitrogens with one attached hydrogen (secondary N) is 2. The second-order valence-electron chi connectivity index (χ2n) is 6.32. The first kappa shape index (κ1) is 18.8. The zero-order valence-corrected chi connectivity index (χ0v) is 16.0. The van der Waals surface area contributed by atoms with E-state index in [2.05, 4.69) is 15.3 Å². The third-order valence-electron chi connectivity index (χ3n) is 4.21. The van der Waals surface area contributed by atoms with Gasteiger partial charge in [0.05, 0.1) is 11.7 Å². The highest BCUT2D eigenvalue weighted by molar-refractivity contribution is 7.13. The first-order valence-electron chi connectivity index (χ1n) is 8.67. The maximum atomic E-state index is 12.2. The quantitative estimate of drug-likeness (QED) is 0.576. The molecular formula is C20H21N3O3S. The number of hydrogen-bond donors (Lipinski definition) is 3. The van der Waals surface area contributed by atoms with Gasteiger partial charge in [-0.3, -0.25) is 4.79 Å². The molecule has 0 saturated heterocycles. The molecule has 0 aliphatic rings. The predicted molar refractivity (Wildman–Crippen MR) is 105 cm³/mol. The molecular weight excluding hydrogens is 362 g/mol. The molecule has 1 amide bonds. The molecule has 0 spiro atoms. The molecule has 3 aromatic rings. The van der Waals surface area contributed by atoms with Crippen LogP contribution in [0.4, 0.5) is 0 Å². The van der Waals surface area contributed by atoms with Crippen LogP contribution >= 0.6 is 11.3 Å². The smallest absolute Gasteiger partial charge is 0.347 e. The van der Waals surface area contributed by atoms with Crippen molar-refractivity contribution >= 4 is 23.2 Å². The molecule has 7 heteroatoms. The Kier molecular flexibility index (Phi) is 5.71. The molecule has 0 aliphatic carbocycles. The number of aryl methyl sites for hydroxylation is 2. The Morgan fingerprint density at radius 3 is 2.63 bits per heavy atom. The molecule has 1 unspecified atom stereocenters. The molecule has 27 heavy (non-hydrogen) atoms. The summed E-state index contributed by atoms with van der Waals surface area (Å²) in [5, 5.41) is 12.6. The Bertz CT molecular complexity index is 947. The summed E-state index contributed by atoms with van der Waals surface area (Å²) in [6.07, 6.45) is 0.942. The number of benzene rings is 1. The van der Waals surface area contributed by atoms with E-state index >= 15 is 0 Å². The van der Waals surface area contributed by atoms with Crippen LogP contribution in [0.25, 0.3) is 11.3 Å². The number of hydrogen-bond acceptors (Lipinski definition) is 4. The fourth-order valence-electron chi connectivity index (χ4n) is 2.80. The number of thiazole rings is 1. The third-order valence-corrected chi connectivity index (χ3v) is 5.54. The number of carbonyl (C=O) groups excluding carboxylic acids is 1. The Morgan fingerprint density at radius 2 is 1.96 bits per heavy atom. The van der Waals surface area contributed by atoms with E-state index in [4.69, 9.17) is 5.11 Å². The van der Waals surface area contributed by atoms with Crippen LogP contribution in [0.2, 0.25) is 0 Å². The average molecular weight is 383 g/mol. The summed E-state index contributed by atoms with van der Waals surface area (Å²) in [6, 6.07) is 13.7. The van der Waals surface area contributed by atoms with E-state index < -0.39 is 5.97 Å². The molecule has 3 N–H and O–H groups in total. The van der Waals surface area contributed by atoms with Crippen LogP contribution in [0.5, 0.6) is 0 Å². The number of H-pyrrole nitrogens is 1. The lowest BCUT2D eigenvalue weighted by Crippen LogP contribution is -2.26. The van der Waals surface area contributed by atoms with Crippen LogP contribution in [0.1, 0.15) is 45.5 Å². The summed E-state index contributed by atoms with van der Waals surface area (Å²) in [5.74, 6) is -1.08. The van der Waals surface area contributed by atoms with Gasteiger partial charge in [-0.1, -0.05) is 30.3 Å². The topological polar surface area (TPSA) is 95.1 Å². The molecule has 1 atom stereocenters. The van der Waals surface area contributed by atoms with Crippen LogP contribution in [0.3, 0.4) is 0 Å². The van der Waals surface area contributed by atoms with Crippen molar-refractivity contribution in [3.05, 3.63) is 63.7 Å². The van der Waals surface area contributed by atoms with Gasteiger partial charge in [-0.05, 0) is 38.0 Å². The van der Waals surface area contributed by atoms with E-state index in [1.807, 2.05) is 49.4 Å². The minimum absolute atomic E-state index is 0.0944. The number of aromatic carboxylic acids is 1. The van der Waals surface area contributed by atoms with Crippen LogP contribution in [-0.2, 0) is 11.2 Å². The summed E-state index contributed by atoms with van der Waals surface area (Å²) in [4.78, 5) is 31.2. The van der Waals surface area contributed by atoms with Gasteiger partial charge in [0.1, 0.15) is 9.88 Å². The minimum atomic E-state index is -0.990. The lowest BCUT2D eigenvalue weighted by molar-refractivity contribution is -0.121. The van der Waals surface area contributed by atoms with Crippen molar-refractivity contribution in [1.29, 1.82) is 0 Å². The van der Waals surface area contributed by atoms with Crippen molar-refractivity contribution in [2.45, 2.75) is 32.7 Å². The van der Waals surface area contributed by atoms with Crippen LogP contribution in [0.15, 0.2) is 42.5 Å². The number of nitrogens with zero attached hydrogens (tertiary/aromatic N) is 1. The molecule has 2 aromatic heterocycles. The molecule has 0 bridgehead atoms. The monoisotopic (exact) mass is 383 g/mol. The van der Waals surface area contributed by atoms with E-state index in [0.29, 0.717) is 23.5 Å². The van der Waals surface area contributed by atoms with E-state index in [1.165, 1.54) is 0 Å². The molecule has 0 saturated carbocycles. The molecule has 6 nitrogen and oxygen atoms in total. The molecule has 140 valence electrons. The number of carboxylic acid groups (broad SMARTS) is 1. The van der Waals surface area contributed by atoms with E-state index in [9.17, 15) is 9.59 Å². The van der Waals surface area contributed by atoms with Gasteiger partial charge in [-0.25, -0.2) is 9.78 Å². The van der Waals surface area contributed by atoms with E-state index in [0.717, 1.165) is 28.3 Å². The van der Waals surface area contributed by atoms with E-state index in [-0.39, 0.29) is 16.8 Å². The minimum Gasteiger partial charge on any atom is -0.477 e. The normalized spacial score (nSPS) is 11.9. The Morgan fingerprint density at radius 1 is 1.22 bits per heavy atom. The van der Waals surface area contributed by atoms with Crippen LogP contribution in [0, 0.1) is 6.92 Å². The average Bonchev–Trinajstić information content (AvgIpc) is 3.27. The van der Waals surface area contributed by atoms with Gasteiger partial charge in [-0.2, -0.15) is 0 Å².